The van der Waals surface area contributed by atoms with Crippen molar-refractivity contribution >= 4 is 0 Å². The molecule has 19 heavy (non-hydrogen) atoms. The predicted octanol–water partition coefficient (Wildman–Crippen LogP) is 1.68. The summed E-state index contributed by atoms with van der Waals surface area (Å²) in [6.07, 6.45) is 4.01. The standard InChI is InChI=1S/C14H23N3O2/c1-4-14(5-2,19-3)13-16-11(8-12(18)17-13)9-15-10-6-7-10/h8,10,15H,4-7,9H2,1-3H3,(H,16,17,18). The molecule has 2 N–H and O–H groups in total. The summed E-state index contributed by atoms with van der Waals surface area (Å²) < 4.78 is 5.62. The molecule has 0 spiro atoms. The second-order valence-corrected chi connectivity index (χ2v) is 5.15. The fraction of sp³-hybridized carbons (Fsp3) is 0.714. The molecule has 106 valence electrons. The third-order valence-electron chi connectivity index (χ3n) is 3.91. The number of methoxy groups -OCH3 is 1. The lowest BCUT2D eigenvalue weighted by molar-refractivity contribution is -0.0295. The Labute approximate surface area is 113 Å². The van der Waals surface area contributed by atoms with Gasteiger partial charge in [-0.3, -0.25) is 4.79 Å². The summed E-state index contributed by atoms with van der Waals surface area (Å²) in [5.41, 5.74) is 0.185. The highest BCUT2D eigenvalue weighted by atomic mass is 16.5. The van der Waals surface area contributed by atoms with Gasteiger partial charge in [-0.2, -0.15) is 0 Å². The van der Waals surface area contributed by atoms with Crippen LogP contribution in [0.5, 0.6) is 0 Å². The van der Waals surface area contributed by atoms with E-state index in [1.165, 1.54) is 12.8 Å². The van der Waals surface area contributed by atoms with Gasteiger partial charge in [0.25, 0.3) is 5.56 Å². The van der Waals surface area contributed by atoms with Gasteiger partial charge in [-0.1, -0.05) is 13.8 Å². The van der Waals surface area contributed by atoms with Crippen LogP contribution in [0.25, 0.3) is 0 Å². The van der Waals surface area contributed by atoms with Crippen LogP contribution in [0.1, 0.15) is 51.0 Å². The fourth-order valence-electron chi connectivity index (χ4n) is 2.32. The predicted molar refractivity (Wildman–Crippen MR) is 74.0 cm³/mol. The van der Waals surface area contributed by atoms with Gasteiger partial charge < -0.3 is 15.0 Å². The summed E-state index contributed by atoms with van der Waals surface area (Å²) in [6.45, 7) is 4.74. The number of hydrogen-bond acceptors (Lipinski definition) is 4. The zero-order chi connectivity index (χ0) is 13.9. The summed E-state index contributed by atoms with van der Waals surface area (Å²) in [4.78, 5) is 19.2. The molecule has 0 unspecified atom stereocenters. The normalized spacial score (nSPS) is 15.7. The molecule has 0 saturated heterocycles. The monoisotopic (exact) mass is 265 g/mol. The quantitative estimate of drug-likeness (QED) is 0.787. The van der Waals surface area contributed by atoms with Crippen molar-refractivity contribution in [1.82, 2.24) is 15.3 Å². The lowest BCUT2D eigenvalue weighted by atomic mass is 9.96. The summed E-state index contributed by atoms with van der Waals surface area (Å²) in [7, 11) is 1.67. The first-order chi connectivity index (χ1) is 9.13. The van der Waals surface area contributed by atoms with Gasteiger partial charge in [-0.05, 0) is 25.7 Å². The van der Waals surface area contributed by atoms with E-state index in [0.29, 0.717) is 18.4 Å². The number of nitrogens with one attached hydrogen (secondary N) is 2. The third-order valence-corrected chi connectivity index (χ3v) is 3.91. The SMILES string of the molecule is CCC(CC)(OC)c1nc(CNC2CC2)cc(=O)[nH]1. The molecule has 1 heterocycles. The van der Waals surface area contributed by atoms with Crippen LogP contribution in [-0.4, -0.2) is 23.1 Å². The first-order valence-electron chi connectivity index (χ1n) is 7.02. The number of nitrogens with zero attached hydrogens (tertiary/aromatic N) is 1. The van der Waals surface area contributed by atoms with Crippen LogP contribution >= 0.6 is 0 Å². The maximum atomic E-state index is 11.8. The summed E-state index contributed by atoms with van der Waals surface area (Å²) in [6, 6.07) is 2.17. The van der Waals surface area contributed by atoms with Crippen LogP contribution in [0.15, 0.2) is 10.9 Å². The van der Waals surface area contributed by atoms with E-state index in [9.17, 15) is 4.79 Å². The molecule has 0 atom stereocenters. The molecule has 0 amide bonds. The van der Waals surface area contributed by atoms with E-state index in [4.69, 9.17) is 4.74 Å². The fourth-order valence-corrected chi connectivity index (χ4v) is 2.32. The smallest absolute Gasteiger partial charge is 0.251 e. The average Bonchev–Trinajstić information content (AvgIpc) is 3.23. The van der Waals surface area contributed by atoms with Gasteiger partial charge in [0.1, 0.15) is 11.4 Å². The third kappa shape index (κ3) is 3.22. The van der Waals surface area contributed by atoms with Crippen molar-refractivity contribution in [2.24, 2.45) is 0 Å². The highest BCUT2D eigenvalue weighted by Gasteiger charge is 2.31. The van der Waals surface area contributed by atoms with Gasteiger partial charge in [-0.25, -0.2) is 4.98 Å². The molecule has 5 nitrogen and oxygen atoms in total. The topological polar surface area (TPSA) is 67.0 Å². The van der Waals surface area contributed by atoms with Gasteiger partial charge in [0.2, 0.25) is 0 Å². The highest BCUT2D eigenvalue weighted by molar-refractivity contribution is 5.09. The Bertz CT molecular complexity index is 468. The zero-order valence-electron chi connectivity index (χ0n) is 12.0. The Morgan fingerprint density at radius 1 is 1.47 bits per heavy atom. The van der Waals surface area contributed by atoms with E-state index in [2.05, 4.69) is 15.3 Å². The molecule has 2 rings (SSSR count). The molecular weight excluding hydrogens is 242 g/mol. The molecule has 5 heteroatoms. The van der Waals surface area contributed by atoms with Crippen molar-refractivity contribution in [1.29, 1.82) is 0 Å². The second-order valence-electron chi connectivity index (χ2n) is 5.15. The van der Waals surface area contributed by atoms with Crippen molar-refractivity contribution < 1.29 is 4.74 Å². The van der Waals surface area contributed by atoms with E-state index in [-0.39, 0.29) is 5.56 Å². The molecule has 0 aromatic carbocycles. The number of rotatable bonds is 7. The van der Waals surface area contributed by atoms with Crippen molar-refractivity contribution in [2.75, 3.05) is 7.11 Å². The lowest BCUT2D eigenvalue weighted by Gasteiger charge is -2.29. The first-order valence-corrected chi connectivity index (χ1v) is 7.02. The van der Waals surface area contributed by atoms with E-state index in [1.54, 1.807) is 13.2 Å². The number of hydrogen-bond donors (Lipinski definition) is 2. The lowest BCUT2D eigenvalue weighted by Crippen LogP contribution is -2.33. The van der Waals surface area contributed by atoms with Crippen LogP contribution in [0.3, 0.4) is 0 Å². The summed E-state index contributed by atoms with van der Waals surface area (Å²) in [5.74, 6) is 0.639. The molecule has 1 aliphatic carbocycles. The Balaban J connectivity index is 2.25. The molecular formula is C14H23N3O2. The largest absolute Gasteiger partial charge is 0.370 e. The van der Waals surface area contributed by atoms with Crippen LogP contribution < -0.4 is 10.9 Å². The summed E-state index contributed by atoms with van der Waals surface area (Å²) >= 11 is 0. The Hall–Kier alpha value is -1.20. The maximum absolute atomic E-state index is 11.8. The summed E-state index contributed by atoms with van der Waals surface area (Å²) in [5, 5.41) is 3.38. The van der Waals surface area contributed by atoms with E-state index < -0.39 is 5.60 Å². The van der Waals surface area contributed by atoms with Gasteiger partial charge in [-0.15, -0.1) is 0 Å². The van der Waals surface area contributed by atoms with Gasteiger partial charge in [0, 0.05) is 25.8 Å². The van der Waals surface area contributed by atoms with Crippen LogP contribution in [0.2, 0.25) is 0 Å². The molecule has 0 aliphatic heterocycles. The maximum Gasteiger partial charge on any atom is 0.251 e. The van der Waals surface area contributed by atoms with E-state index in [0.717, 1.165) is 18.5 Å². The Morgan fingerprint density at radius 3 is 2.68 bits per heavy atom. The molecule has 1 saturated carbocycles. The van der Waals surface area contributed by atoms with Crippen molar-refractivity contribution in [3.05, 3.63) is 27.9 Å². The first kappa shape index (κ1) is 14.2. The molecule has 1 aromatic heterocycles. The minimum atomic E-state index is -0.491. The molecule has 0 radical (unpaired) electrons. The van der Waals surface area contributed by atoms with Gasteiger partial charge in [0.05, 0.1) is 5.69 Å². The second kappa shape index (κ2) is 5.84. The molecule has 1 fully saturated rings. The van der Waals surface area contributed by atoms with Crippen LogP contribution in [-0.2, 0) is 16.9 Å². The number of aromatic nitrogens is 2. The number of ether oxygens (including phenoxy) is 1. The Kier molecular flexibility index (Phi) is 4.37. The van der Waals surface area contributed by atoms with Gasteiger partial charge in [0.15, 0.2) is 0 Å². The van der Waals surface area contributed by atoms with Crippen LogP contribution in [0, 0.1) is 0 Å². The minimum Gasteiger partial charge on any atom is -0.370 e. The zero-order valence-corrected chi connectivity index (χ0v) is 12.0. The molecule has 0 bridgehead atoms. The number of aromatic amines is 1. The molecule has 1 aliphatic rings. The van der Waals surface area contributed by atoms with Crippen molar-refractivity contribution in [3.63, 3.8) is 0 Å². The van der Waals surface area contributed by atoms with Crippen molar-refractivity contribution in [2.45, 2.75) is 57.7 Å². The van der Waals surface area contributed by atoms with Crippen molar-refractivity contribution in [3.8, 4) is 0 Å². The van der Waals surface area contributed by atoms with E-state index in [1.807, 2.05) is 13.8 Å². The number of H-pyrrole nitrogens is 1. The molecule has 1 aromatic rings. The Morgan fingerprint density at radius 2 is 2.16 bits per heavy atom. The van der Waals surface area contributed by atoms with E-state index >= 15 is 0 Å². The highest BCUT2D eigenvalue weighted by Crippen LogP contribution is 2.29. The van der Waals surface area contributed by atoms with Gasteiger partial charge >= 0.3 is 0 Å². The average molecular weight is 265 g/mol. The minimum absolute atomic E-state index is 0.110. The van der Waals surface area contributed by atoms with Crippen LogP contribution in [0.4, 0.5) is 0 Å².